The molecule has 7 nitrogen and oxygen atoms in total. The van der Waals surface area contributed by atoms with Crippen LogP contribution in [0.5, 0.6) is 11.5 Å². The van der Waals surface area contributed by atoms with Crippen LogP contribution in [0.2, 0.25) is 0 Å². The molecule has 0 aromatic heterocycles. The zero-order valence-corrected chi connectivity index (χ0v) is 14.4. The smallest absolute Gasteiger partial charge is 0.229 e. The molecule has 0 fully saturated rings. The molecule has 2 aromatic carbocycles. The Bertz CT molecular complexity index is 878. The lowest BCUT2D eigenvalue weighted by Gasteiger charge is -2.18. The molecule has 0 radical (unpaired) electrons. The Morgan fingerprint density at radius 3 is 2.32 bits per heavy atom. The van der Waals surface area contributed by atoms with Gasteiger partial charge in [0.25, 0.3) is 0 Å². The third kappa shape index (κ3) is 4.87. The van der Waals surface area contributed by atoms with Gasteiger partial charge in [-0.05, 0) is 42.0 Å². The quantitative estimate of drug-likeness (QED) is 0.849. The highest BCUT2D eigenvalue weighted by Crippen LogP contribution is 2.30. The summed E-state index contributed by atoms with van der Waals surface area (Å²) >= 11 is 0. The molecule has 132 valence electrons. The molecular weight excluding hydrogens is 344 g/mol. The lowest BCUT2D eigenvalue weighted by Crippen LogP contribution is -2.17. The van der Waals surface area contributed by atoms with Crippen molar-refractivity contribution in [3.05, 3.63) is 48.0 Å². The fourth-order valence-corrected chi connectivity index (χ4v) is 2.99. The Kier molecular flexibility index (Phi) is 4.80. The second-order valence-electron chi connectivity index (χ2n) is 5.65. The van der Waals surface area contributed by atoms with Crippen molar-refractivity contribution in [1.29, 1.82) is 0 Å². The second kappa shape index (κ2) is 7.02. The van der Waals surface area contributed by atoms with Gasteiger partial charge in [0.15, 0.2) is 11.5 Å². The average Bonchev–Trinajstić information content (AvgIpc) is 2.55. The van der Waals surface area contributed by atoms with E-state index in [1.807, 2.05) is 6.07 Å². The predicted molar refractivity (Wildman–Crippen MR) is 94.7 cm³/mol. The maximum absolute atomic E-state index is 12.2. The van der Waals surface area contributed by atoms with Crippen molar-refractivity contribution in [2.24, 2.45) is 0 Å². The van der Waals surface area contributed by atoms with E-state index in [2.05, 4.69) is 10.0 Å². The normalized spacial score (nSPS) is 13.2. The van der Waals surface area contributed by atoms with Crippen molar-refractivity contribution in [3.63, 3.8) is 0 Å². The van der Waals surface area contributed by atoms with E-state index in [4.69, 9.17) is 9.47 Å². The lowest BCUT2D eigenvalue weighted by atomic mass is 10.1. The van der Waals surface area contributed by atoms with Crippen molar-refractivity contribution in [2.45, 2.75) is 6.42 Å². The van der Waals surface area contributed by atoms with Crippen LogP contribution in [0.4, 0.5) is 11.4 Å². The summed E-state index contributed by atoms with van der Waals surface area (Å²) in [6.45, 7) is 1.02. The number of nitrogens with one attached hydrogen (secondary N) is 2. The highest BCUT2D eigenvalue weighted by atomic mass is 32.2. The van der Waals surface area contributed by atoms with Crippen molar-refractivity contribution in [1.82, 2.24) is 0 Å². The van der Waals surface area contributed by atoms with Crippen LogP contribution in [-0.4, -0.2) is 33.8 Å². The summed E-state index contributed by atoms with van der Waals surface area (Å²) in [6.07, 6.45) is 1.27. The van der Waals surface area contributed by atoms with Crippen molar-refractivity contribution in [2.75, 3.05) is 29.5 Å². The van der Waals surface area contributed by atoms with Gasteiger partial charge in [-0.2, -0.15) is 0 Å². The Labute approximate surface area is 146 Å². The maximum atomic E-state index is 12.2. The molecule has 0 spiro atoms. The van der Waals surface area contributed by atoms with E-state index >= 15 is 0 Å². The molecule has 8 heteroatoms. The summed E-state index contributed by atoms with van der Waals surface area (Å²) in [6, 6.07) is 11.9. The fourth-order valence-electron chi connectivity index (χ4n) is 2.42. The van der Waals surface area contributed by atoms with E-state index in [-0.39, 0.29) is 12.3 Å². The molecule has 3 rings (SSSR count). The fraction of sp³-hybridized carbons (Fsp3) is 0.235. The van der Waals surface area contributed by atoms with Crippen LogP contribution in [0.3, 0.4) is 0 Å². The number of rotatable bonds is 5. The van der Waals surface area contributed by atoms with Crippen LogP contribution in [0.1, 0.15) is 5.56 Å². The zero-order chi connectivity index (χ0) is 17.9. The van der Waals surface area contributed by atoms with Gasteiger partial charge in [-0.3, -0.25) is 9.52 Å². The van der Waals surface area contributed by atoms with Gasteiger partial charge >= 0.3 is 0 Å². The summed E-state index contributed by atoms with van der Waals surface area (Å²) in [5.74, 6) is 1.15. The van der Waals surface area contributed by atoms with Crippen LogP contribution < -0.4 is 19.5 Å². The van der Waals surface area contributed by atoms with Crippen molar-refractivity contribution in [3.8, 4) is 11.5 Å². The van der Waals surface area contributed by atoms with Crippen LogP contribution >= 0.6 is 0 Å². The zero-order valence-electron chi connectivity index (χ0n) is 13.6. The molecule has 0 saturated carbocycles. The molecular formula is C17H18N2O5S. The number of ether oxygens (including phenoxy) is 2. The predicted octanol–water partition coefficient (Wildman–Crippen LogP) is 2.01. The molecule has 0 atom stereocenters. The molecule has 25 heavy (non-hydrogen) atoms. The summed E-state index contributed by atoms with van der Waals surface area (Å²) in [7, 11) is -3.32. The molecule has 0 saturated heterocycles. The largest absolute Gasteiger partial charge is 0.486 e. The molecule has 1 aliphatic rings. The van der Waals surface area contributed by atoms with E-state index in [9.17, 15) is 13.2 Å². The molecule has 0 bridgehead atoms. The first-order chi connectivity index (χ1) is 11.9. The number of hydrogen-bond acceptors (Lipinski definition) is 5. The monoisotopic (exact) mass is 362 g/mol. The maximum Gasteiger partial charge on any atom is 0.229 e. The van der Waals surface area contributed by atoms with Gasteiger partial charge in [0.05, 0.1) is 12.7 Å². The highest BCUT2D eigenvalue weighted by Gasteiger charge is 2.13. The van der Waals surface area contributed by atoms with E-state index in [0.29, 0.717) is 36.1 Å². The van der Waals surface area contributed by atoms with Gasteiger partial charge in [-0.1, -0.05) is 6.07 Å². The van der Waals surface area contributed by atoms with E-state index < -0.39 is 10.0 Å². The minimum Gasteiger partial charge on any atom is -0.486 e. The number of benzene rings is 2. The average molecular weight is 362 g/mol. The first-order valence-electron chi connectivity index (χ1n) is 7.65. The number of sulfonamides is 1. The minimum absolute atomic E-state index is 0.180. The SMILES string of the molecule is CS(=O)(=O)Nc1ccc(NC(=O)Cc2ccc3c(c2)OCCO3)cc1. The second-order valence-corrected chi connectivity index (χ2v) is 7.40. The van der Waals surface area contributed by atoms with Gasteiger partial charge in [0, 0.05) is 11.4 Å². The van der Waals surface area contributed by atoms with Crippen LogP contribution in [-0.2, 0) is 21.2 Å². The van der Waals surface area contributed by atoms with Gasteiger partial charge in [-0.15, -0.1) is 0 Å². The molecule has 1 aliphatic heterocycles. The minimum atomic E-state index is -3.32. The first kappa shape index (κ1) is 17.1. The standard InChI is InChI=1S/C17H18N2O5S/c1-25(21,22)19-14-5-3-13(4-6-14)18-17(20)11-12-2-7-15-16(10-12)24-9-8-23-15/h2-7,10,19H,8-9,11H2,1H3,(H,18,20). The van der Waals surface area contributed by atoms with Crippen LogP contribution in [0.15, 0.2) is 42.5 Å². The van der Waals surface area contributed by atoms with Gasteiger partial charge in [0.2, 0.25) is 15.9 Å². The number of carbonyl (C=O) groups is 1. The summed E-state index contributed by atoms with van der Waals surface area (Å²) in [5, 5.41) is 2.77. The summed E-state index contributed by atoms with van der Waals surface area (Å²) < 4.78 is 35.7. The third-order valence-corrected chi connectivity index (χ3v) is 4.05. The number of anilines is 2. The van der Waals surface area contributed by atoms with E-state index in [1.54, 1.807) is 36.4 Å². The Hall–Kier alpha value is -2.74. The number of amides is 1. The topological polar surface area (TPSA) is 93.7 Å². The van der Waals surface area contributed by atoms with Crippen molar-refractivity contribution >= 4 is 27.3 Å². The number of hydrogen-bond donors (Lipinski definition) is 2. The van der Waals surface area contributed by atoms with Gasteiger partial charge in [-0.25, -0.2) is 8.42 Å². The van der Waals surface area contributed by atoms with Gasteiger partial charge < -0.3 is 14.8 Å². The third-order valence-electron chi connectivity index (χ3n) is 3.44. The lowest BCUT2D eigenvalue weighted by molar-refractivity contribution is -0.115. The Balaban J connectivity index is 1.61. The number of fused-ring (bicyclic) bond motifs is 1. The van der Waals surface area contributed by atoms with Crippen LogP contribution in [0.25, 0.3) is 0 Å². The van der Waals surface area contributed by atoms with E-state index in [0.717, 1.165) is 11.8 Å². The Morgan fingerprint density at radius 2 is 1.64 bits per heavy atom. The molecule has 0 aliphatic carbocycles. The van der Waals surface area contributed by atoms with Gasteiger partial charge in [0.1, 0.15) is 13.2 Å². The number of carbonyl (C=O) groups excluding carboxylic acids is 1. The Morgan fingerprint density at radius 1 is 1.00 bits per heavy atom. The van der Waals surface area contributed by atoms with Crippen LogP contribution in [0, 0.1) is 0 Å². The summed E-state index contributed by atoms with van der Waals surface area (Å²) in [4.78, 5) is 12.2. The molecule has 1 amide bonds. The molecule has 2 aromatic rings. The molecule has 1 heterocycles. The van der Waals surface area contributed by atoms with Crippen molar-refractivity contribution < 1.29 is 22.7 Å². The highest BCUT2D eigenvalue weighted by molar-refractivity contribution is 7.92. The first-order valence-corrected chi connectivity index (χ1v) is 9.54. The van der Waals surface area contributed by atoms with E-state index in [1.165, 1.54) is 0 Å². The summed E-state index contributed by atoms with van der Waals surface area (Å²) in [5.41, 5.74) is 1.84. The molecule has 0 unspecified atom stereocenters. The molecule has 2 N–H and O–H groups in total.